The van der Waals surface area contributed by atoms with Crippen LogP contribution < -0.4 is 0 Å². The van der Waals surface area contributed by atoms with Gasteiger partial charge in [0.1, 0.15) is 11.2 Å². The molecule has 0 saturated heterocycles. The van der Waals surface area contributed by atoms with Crippen LogP contribution in [0, 0.1) is 0 Å². The lowest BCUT2D eigenvalue weighted by molar-refractivity contribution is 0.669. The smallest absolute Gasteiger partial charge is 0.136 e. The van der Waals surface area contributed by atoms with Crippen molar-refractivity contribution in [1.82, 2.24) is 38.2 Å². The molecule has 8 heterocycles. The van der Waals surface area contributed by atoms with E-state index in [0.717, 1.165) is 139 Å². The maximum absolute atomic E-state index is 6.33. The van der Waals surface area contributed by atoms with Crippen molar-refractivity contribution < 1.29 is 4.42 Å². The highest BCUT2D eigenvalue weighted by Gasteiger charge is 2.26. The largest absolute Gasteiger partial charge is 0.456 e. The minimum absolute atomic E-state index is 0.832. The lowest BCUT2D eigenvalue weighted by Crippen LogP contribution is -1.97. The lowest BCUT2D eigenvalue weighted by Gasteiger charge is -2.14. The van der Waals surface area contributed by atoms with Crippen LogP contribution in [-0.2, 0) is 0 Å². The van der Waals surface area contributed by atoms with Gasteiger partial charge in [0.2, 0.25) is 0 Å². The van der Waals surface area contributed by atoms with Gasteiger partial charge < -0.3 is 22.7 Å². The quantitative estimate of drug-likeness (QED) is 0.151. The molecule has 9 nitrogen and oxygen atoms in total. The summed E-state index contributed by atoms with van der Waals surface area (Å²) in [6, 6.07) is 149. The van der Waals surface area contributed by atoms with Crippen molar-refractivity contribution in [2.24, 2.45) is 0 Å². The molecule has 10 heteroatoms. The number of fused-ring (bicyclic) bond motifs is 24. The van der Waals surface area contributed by atoms with Crippen LogP contribution in [-0.4, -0.2) is 38.2 Å². The van der Waals surface area contributed by atoms with E-state index in [2.05, 4.69) is 370 Å². The van der Waals surface area contributed by atoms with Gasteiger partial charge in [-0.05, 0) is 201 Å². The number of thiophene rings is 1. The second kappa shape index (κ2) is 27.4. The Morgan fingerprint density at radius 3 is 1.07 bits per heavy atom. The SMILES string of the molecule is c1ccc2cc3c(cc2c1)c1ccc(-n2c4ccccc4c4ccccc42)cc1n3-c1ccc2cc(-c3nc4ccccc4nc3-c3cccc4oc5ccccc5c34)ccc2c1.c1ccc2cc3c(cc2c1)c1ccc(-n2c4ccccc4c4ccccc42)cc1n3-c1ccc2ccc(-c3nc4ccccc4nc3-c3cccc4sc5ccccc5c34)cc2c1. The van der Waals surface area contributed by atoms with Crippen LogP contribution in [0.3, 0.4) is 0 Å². The molecule has 0 bridgehead atoms. The normalized spacial score (nSPS) is 12.1. The monoisotopic (exact) mass is 1620 g/mol. The average molecular weight is 1620 g/mol. The molecule has 20 aromatic carbocycles. The third-order valence-electron chi connectivity index (χ3n) is 26.1. The van der Waals surface area contributed by atoms with E-state index in [4.69, 9.17) is 24.4 Å². The Morgan fingerprint density at radius 1 is 0.190 bits per heavy atom. The van der Waals surface area contributed by atoms with Gasteiger partial charge in [0.05, 0.1) is 89.0 Å². The summed E-state index contributed by atoms with van der Waals surface area (Å²) in [4.78, 5) is 21.4. The Hall–Kier alpha value is -16.7. The molecule has 0 atom stereocenters. The van der Waals surface area contributed by atoms with Crippen LogP contribution in [0.4, 0.5) is 0 Å². The lowest BCUT2D eigenvalue weighted by atomic mass is 9.97. The Labute approximate surface area is 723 Å². The first kappa shape index (κ1) is 70.1. The van der Waals surface area contributed by atoms with Crippen molar-refractivity contribution in [1.29, 1.82) is 0 Å². The first-order valence-corrected chi connectivity index (χ1v) is 43.6. The van der Waals surface area contributed by atoms with Gasteiger partial charge in [-0.25, -0.2) is 19.9 Å². The Bertz CT molecular complexity index is 9440. The van der Waals surface area contributed by atoms with Gasteiger partial charge in [0, 0.05) is 119 Å². The van der Waals surface area contributed by atoms with Crippen molar-refractivity contribution >= 4 is 206 Å². The minimum Gasteiger partial charge on any atom is -0.456 e. The molecule has 126 heavy (non-hydrogen) atoms. The Kier molecular flexibility index (Phi) is 15.3. The molecule has 0 radical (unpaired) electrons. The molecule has 0 saturated carbocycles. The van der Waals surface area contributed by atoms with Crippen LogP contribution in [0.1, 0.15) is 0 Å². The summed E-state index contributed by atoms with van der Waals surface area (Å²) in [6.07, 6.45) is 0. The number of benzene rings is 20. The van der Waals surface area contributed by atoms with Gasteiger partial charge in [-0.3, -0.25) is 0 Å². The topological polar surface area (TPSA) is 84.4 Å². The van der Waals surface area contributed by atoms with E-state index >= 15 is 0 Å². The van der Waals surface area contributed by atoms with Crippen molar-refractivity contribution in [3.8, 4) is 67.8 Å². The minimum atomic E-state index is 0.832. The molecule has 0 unspecified atom stereocenters. The van der Waals surface area contributed by atoms with Crippen LogP contribution in [0.5, 0.6) is 0 Å². The van der Waals surface area contributed by atoms with Crippen LogP contribution in [0.15, 0.2) is 417 Å². The number of para-hydroxylation sites is 9. The molecular formula is C116H68N8OS. The number of hydrogen-bond acceptors (Lipinski definition) is 6. The molecule has 28 rings (SSSR count). The van der Waals surface area contributed by atoms with Gasteiger partial charge in [0.25, 0.3) is 0 Å². The van der Waals surface area contributed by atoms with Crippen molar-refractivity contribution in [3.05, 3.63) is 413 Å². The molecule has 0 fully saturated rings. The highest BCUT2D eigenvalue weighted by atomic mass is 32.1. The zero-order chi connectivity index (χ0) is 82.3. The molecule has 0 N–H and O–H groups in total. The molecule has 8 aromatic heterocycles. The maximum atomic E-state index is 6.33. The summed E-state index contributed by atoms with van der Waals surface area (Å²) < 4.78 is 18.6. The fourth-order valence-corrected chi connectivity index (χ4v) is 21.5. The number of hydrogen-bond donors (Lipinski definition) is 0. The standard InChI is InChI=1S/C58H34N4O.C58H34N4S/c1-2-13-36-33-52-47(32-35(36)12-1)44-29-28-41(61-50-20-8-3-14-42(50)43-15-4-9-21-51(43)61)34-53(44)62(52)40-27-26-37-30-39(25-24-38(37)31-40)57-58(60-49-19-7-6-18-48(49)59-57)46-17-11-23-55-56(46)45-16-5-10-22-54(45)63-55;1-2-13-37-33-52-47(32-36(37)12-1)44-29-28-41(61-50-20-8-3-14-42(50)43-15-4-9-21-51(43)61)34-53(44)62(52)40-27-26-35-24-25-38(30-39(35)31-40)57-58(60-49-19-7-6-18-48(49)59-57)46-17-11-23-55-56(46)45-16-5-10-22-54(45)63-55/h2*1-34H. The molecule has 0 spiro atoms. The predicted molar refractivity (Wildman–Crippen MR) is 528 cm³/mol. The van der Waals surface area contributed by atoms with E-state index in [9.17, 15) is 0 Å². The Morgan fingerprint density at radius 2 is 0.532 bits per heavy atom. The van der Waals surface area contributed by atoms with E-state index < -0.39 is 0 Å². The predicted octanol–water partition coefficient (Wildman–Crippen LogP) is 31.2. The maximum Gasteiger partial charge on any atom is 0.136 e. The zero-order valence-electron chi connectivity index (χ0n) is 67.7. The van der Waals surface area contributed by atoms with Gasteiger partial charge in [0.15, 0.2) is 0 Å². The molecule has 28 aromatic rings. The summed E-state index contributed by atoms with van der Waals surface area (Å²) >= 11 is 1.83. The summed E-state index contributed by atoms with van der Waals surface area (Å²) in [6.45, 7) is 0. The van der Waals surface area contributed by atoms with Gasteiger partial charge in [-0.2, -0.15) is 0 Å². The second-order valence-electron chi connectivity index (χ2n) is 33.1. The van der Waals surface area contributed by atoms with Crippen molar-refractivity contribution in [2.75, 3.05) is 0 Å². The number of aromatic nitrogens is 8. The highest BCUT2D eigenvalue weighted by molar-refractivity contribution is 7.26. The average Bonchev–Trinajstić information content (AvgIpc) is 1.56. The highest BCUT2D eigenvalue weighted by Crippen LogP contribution is 2.48. The summed E-state index contributed by atoms with van der Waals surface area (Å²) in [5, 5.41) is 24.0. The fourth-order valence-electron chi connectivity index (χ4n) is 20.4. The zero-order valence-corrected chi connectivity index (χ0v) is 68.5. The van der Waals surface area contributed by atoms with E-state index in [1.165, 1.54) is 123 Å². The number of furan rings is 1. The molecule has 584 valence electrons. The van der Waals surface area contributed by atoms with E-state index in [0.29, 0.717) is 0 Å². The fraction of sp³-hybridized carbons (Fsp3) is 0. The van der Waals surface area contributed by atoms with Crippen LogP contribution >= 0.6 is 11.3 Å². The first-order chi connectivity index (χ1) is 62.4. The van der Waals surface area contributed by atoms with E-state index in [1.54, 1.807) is 0 Å². The molecule has 0 aliphatic carbocycles. The van der Waals surface area contributed by atoms with Gasteiger partial charge >= 0.3 is 0 Å². The second-order valence-corrected chi connectivity index (χ2v) is 34.2. The third-order valence-corrected chi connectivity index (χ3v) is 27.2. The third kappa shape index (κ3) is 10.8. The summed E-state index contributed by atoms with van der Waals surface area (Å²) in [5.41, 5.74) is 26.7. The Balaban J connectivity index is 0.000000131. The molecule has 0 amide bonds. The van der Waals surface area contributed by atoms with Crippen molar-refractivity contribution in [2.45, 2.75) is 0 Å². The molecular weight excluding hydrogens is 1550 g/mol. The van der Waals surface area contributed by atoms with Crippen molar-refractivity contribution in [3.63, 3.8) is 0 Å². The van der Waals surface area contributed by atoms with Crippen LogP contribution in [0.2, 0.25) is 0 Å². The van der Waals surface area contributed by atoms with E-state index in [-0.39, 0.29) is 0 Å². The summed E-state index contributed by atoms with van der Waals surface area (Å²) in [5.74, 6) is 0. The van der Waals surface area contributed by atoms with Gasteiger partial charge in [-0.15, -0.1) is 11.3 Å². The summed E-state index contributed by atoms with van der Waals surface area (Å²) in [7, 11) is 0. The first-order valence-electron chi connectivity index (χ1n) is 42.8. The molecule has 0 aliphatic rings. The molecule has 0 aliphatic heterocycles. The van der Waals surface area contributed by atoms with Crippen LogP contribution in [0.25, 0.3) is 262 Å². The van der Waals surface area contributed by atoms with Gasteiger partial charge in [-0.1, -0.05) is 255 Å². The number of rotatable bonds is 8. The number of nitrogens with zero attached hydrogens (tertiary/aromatic N) is 8. The van der Waals surface area contributed by atoms with E-state index in [1.807, 2.05) is 72.0 Å².